The van der Waals surface area contributed by atoms with Gasteiger partial charge in [0.25, 0.3) is 0 Å². The highest BCUT2D eigenvalue weighted by Gasteiger charge is 2.12. The van der Waals surface area contributed by atoms with Gasteiger partial charge < -0.3 is 10.2 Å². The summed E-state index contributed by atoms with van der Waals surface area (Å²) in [6, 6.07) is 9.26. The molecule has 2 atom stereocenters. The van der Waals surface area contributed by atoms with Crippen molar-refractivity contribution in [3.8, 4) is 0 Å². The van der Waals surface area contributed by atoms with E-state index in [2.05, 4.69) is 69.3 Å². The molecule has 1 N–H and O–H groups in total. The lowest BCUT2D eigenvalue weighted by molar-refractivity contribution is 0.402. The average molecular weight is 262 g/mol. The van der Waals surface area contributed by atoms with Gasteiger partial charge in [0.2, 0.25) is 0 Å². The third-order valence-electron chi connectivity index (χ3n) is 3.74. The zero-order chi connectivity index (χ0) is 14.3. The molecule has 108 valence electrons. The minimum absolute atomic E-state index is 0.582. The van der Waals surface area contributed by atoms with E-state index in [0.29, 0.717) is 6.04 Å². The molecule has 1 aromatic carbocycles. The normalized spacial score (nSPS) is 14.4. The maximum atomic E-state index is 3.74. The first kappa shape index (κ1) is 16.0. The molecule has 0 saturated heterocycles. The van der Waals surface area contributed by atoms with Gasteiger partial charge in [-0.25, -0.2) is 0 Å². The summed E-state index contributed by atoms with van der Waals surface area (Å²) in [5, 5.41) is 3.74. The maximum Gasteiger partial charge on any atom is 0.0388 e. The van der Waals surface area contributed by atoms with Gasteiger partial charge in [0.05, 0.1) is 0 Å². The molecule has 2 nitrogen and oxygen atoms in total. The Morgan fingerprint density at radius 3 is 2.37 bits per heavy atom. The Morgan fingerprint density at radius 1 is 1.11 bits per heavy atom. The van der Waals surface area contributed by atoms with E-state index in [1.807, 2.05) is 0 Å². The lowest BCUT2D eigenvalue weighted by Crippen LogP contribution is -2.23. The first-order chi connectivity index (χ1) is 9.06. The molecule has 2 heteroatoms. The van der Waals surface area contributed by atoms with E-state index >= 15 is 0 Å². The summed E-state index contributed by atoms with van der Waals surface area (Å²) in [6.45, 7) is 7.88. The molecule has 2 unspecified atom stereocenters. The lowest BCUT2D eigenvalue weighted by atomic mass is 9.97. The Morgan fingerprint density at radius 2 is 1.79 bits per heavy atom. The highest BCUT2D eigenvalue weighted by Crippen LogP contribution is 2.21. The van der Waals surface area contributed by atoms with Crippen molar-refractivity contribution in [3.05, 3.63) is 29.8 Å². The van der Waals surface area contributed by atoms with Crippen LogP contribution in [0.1, 0.15) is 45.6 Å². The van der Waals surface area contributed by atoms with E-state index in [9.17, 15) is 0 Å². The second-order valence-electron chi connectivity index (χ2n) is 5.89. The Bertz CT molecular complexity index is 360. The van der Waals surface area contributed by atoms with Gasteiger partial charge >= 0.3 is 0 Å². The van der Waals surface area contributed by atoms with Crippen LogP contribution in [-0.2, 0) is 6.54 Å². The monoisotopic (exact) mass is 262 g/mol. The number of anilines is 1. The summed E-state index contributed by atoms with van der Waals surface area (Å²) in [4.78, 5) is 2.22. The number of nitrogens with zero attached hydrogens (tertiary/aromatic N) is 1. The van der Waals surface area contributed by atoms with Gasteiger partial charge in [0.1, 0.15) is 0 Å². The molecule has 0 amide bonds. The molecular formula is C17H30N2. The highest BCUT2D eigenvalue weighted by molar-refractivity contribution is 5.51. The fourth-order valence-electron chi connectivity index (χ4n) is 2.34. The Balaban J connectivity index is 2.73. The molecule has 0 saturated carbocycles. The second kappa shape index (κ2) is 8.21. The fourth-order valence-corrected chi connectivity index (χ4v) is 2.34. The molecule has 0 aliphatic carbocycles. The average Bonchev–Trinajstić information content (AvgIpc) is 2.39. The fraction of sp³-hybridized carbons (Fsp3) is 0.647. The van der Waals surface area contributed by atoms with Crippen LogP contribution in [0.4, 0.5) is 5.69 Å². The van der Waals surface area contributed by atoms with Crippen LogP contribution in [0.5, 0.6) is 0 Å². The summed E-state index contributed by atoms with van der Waals surface area (Å²) in [5.41, 5.74) is 2.68. The van der Waals surface area contributed by atoms with Crippen LogP contribution in [0.2, 0.25) is 0 Å². The minimum Gasteiger partial charge on any atom is -0.382 e. The SMILES string of the molecule is CCC(C)CC(CC)Nc1ccccc1CN(C)C. The highest BCUT2D eigenvalue weighted by atomic mass is 15.1. The third kappa shape index (κ3) is 5.65. The van der Waals surface area contributed by atoms with Gasteiger partial charge in [0, 0.05) is 18.3 Å². The predicted octanol–water partition coefficient (Wildman–Crippen LogP) is 4.37. The van der Waals surface area contributed by atoms with Crippen LogP contribution in [0.3, 0.4) is 0 Å². The predicted molar refractivity (Wildman–Crippen MR) is 85.6 cm³/mol. The number of hydrogen-bond acceptors (Lipinski definition) is 2. The van der Waals surface area contributed by atoms with E-state index < -0.39 is 0 Å². The molecule has 0 fully saturated rings. The van der Waals surface area contributed by atoms with Crippen molar-refractivity contribution in [2.45, 2.75) is 52.6 Å². The quantitative estimate of drug-likeness (QED) is 0.748. The van der Waals surface area contributed by atoms with Crippen molar-refractivity contribution in [2.75, 3.05) is 19.4 Å². The first-order valence-corrected chi connectivity index (χ1v) is 7.55. The zero-order valence-corrected chi connectivity index (χ0v) is 13.2. The lowest BCUT2D eigenvalue weighted by Gasteiger charge is -2.24. The molecule has 19 heavy (non-hydrogen) atoms. The first-order valence-electron chi connectivity index (χ1n) is 7.55. The number of para-hydroxylation sites is 1. The van der Waals surface area contributed by atoms with E-state index in [-0.39, 0.29) is 0 Å². The molecule has 0 heterocycles. The van der Waals surface area contributed by atoms with E-state index in [4.69, 9.17) is 0 Å². The summed E-state index contributed by atoms with van der Waals surface area (Å²) in [5.74, 6) is 0.790. The Labute approximate surface area is 119 Å². The summed E-state index contributed by atoms with van der Waals surface area (Å²) in [6.07, 6.45) is 3.70. The smallest absolute Gasteiger partial charge is 0.0388 e. The van der Waals surface area contributed by atoms with Crippen LogP contribution in [0.25, 0.3) is 0 Å². The summed E-state index contributed by atoms with van der Waals surface area (Å²) in [7, 11) is 4.24. The van der Waals surface area contributed by atoms with Crippen LogP contribution in [0, 0.1) is 5.92 Å². The van der Waals surface area contributed by atoms with Crippen LogP contribution >= 0.6 is 0 Å². The van der Waals surface area contributed by atoms with E-state index in [1.54, 1.807) is 0 Å². The van der Waals surface area contributed by atoms with Crippen molar-refractivity contribution in [1.82, 2.24) is 4.90 Å². The summed E-state index contributed by atoms with van der Waals surface area (Å²) < 4.78 is 0. The number of nitrogens with one attached hydrogen (secondary N) is 1. The molecule has 0 bridgehead atoms. The van der Waals surface area contributed by atoms with E-state index in [1.165, 1.54) is 30.5 Å². The van der Waals surface area contributed by atoms with Crippen molar-refractivity contribution < 1.29 is 0 Å². The van der Waals surface area contributed by atoms with Crippen molar-refractivity contribution >= 4 is 5.69 Å². The van der Waals surface area contributed by atoms with Gasteiger partial charge in [-0.05, 0) is 44.5 Å². The van der Waals surface area contributed by atoms with Gasteiger partial charge in [-0.1, -0.05) is 45.4 Å². The second-order valence-corrected chi connectivity index (χ2v) is 5.89. The van der Waals surface area contributed by atoms with Crippen LogP contribution in [0.15, 0.2) is 24.3 Å². The molecule has 0 aliphatic rings. The standard InChI is InChI=1S/C17H30N2/c1-6-14(3)12-16(7-2)18-17-11-9-8-10-15(17)13-19(4)5/h8-11,14,16,18H,6-7,12-13H2,1-5H3. The van der Waals surface area contributed by atoms with Gasteiger partial charge in [0.15, 0.2) is 0 Å². The van der Waals surface area contributed by atoms with Crippen LogP contribution < -0.4 is 5.32 Å². The van der Waals surface area contributed by atoms with Crippen molar-refractivity contribution in [3.63, 3.8) is 0 Å². The topological polar surface area (TPSA) is 15.3 Å². The number of rotatable bonds is 8. The summed E-state index contributed by atoms with van der Waals surface area (Å²) >= 11 is 0. The molecular weight excluding hydrogens is 232 g/mol. The third-order valence-corrected chi connectivity index (χ3v) is 3.74. The zero-order valence-electron chi connectivity index (χ0n) is 13.2. The van der Waals surface area contributed by atoms with Crippen molar-refractivity contribution in [2.24, 2.45) is 5.92 Å². The molecule has 0 aromatic heterocycles. The minimum atomic E-state index is 0.582. The molecule has 0 radical (unpaired) electrons. The molecule has 0 spiro atoms. The molecule has 0 aliphatic heterocycles. The van der Waals surface area contributed by atoms with Gasteiger partial charge in [-0.3, -0.25) is 0 Å². The number of benzene rings is 1. The Kier molecular flexibility index (Phi) is 6.93. The van der Waals surface area contributed by atoms with E-state index in [0.717, 1.165) is 12.5 Å². The molecule has 1 aromatic rings. The van der Waals surface area contributed by atoms with Crippen molar-refractivity contribution in [1.29, 1.82) is 0 Å². The number of hydrogen-bond donors (Lipinski definition) is 1. The van der Waals surface area contributed by atoms with Gasteiger partial charge in [-0.2, -0.15) is 0 Å². The maximum absolute atomic E-state index is 3.74. The largest absolute Gasteiger partial charge is 0.382 e. The molecule has 1 rings (SSSR count). The van der Waals surface area contributed by atoms with Crippen LogP contribution in [-0.4, -0.2) is 25.0 Å². The van der Waals surface area contributed by atoms with Gasteiger partial charge in [-0.15, -0.1) is 0 Å². The Hall–Kier alpha value is -1.02.